The standard InChI is InChI=1S/C18H28N8O/c1-13-14(11-22-24-13)10-21-18(27)26-8-3-4-15(6-9-26)25(2)12-17-20-7-5-16(19)23-17/h5,7,11,15H,3-4,6,8-10,12H2,1-2H3,(H,21,27)(H,22,24)(H2,19,20,23)/t15-/m0/s1. The van der Waals surface area contributed by atoms with Crippen molar-refractivity contribution in [2.24, 2.45) is 0 Å². The number of likely N-dealkylation sites (tertiary alicyclic amines) is 1. The fourth-order valence-electron chi connectivity index (χ4n) is 3.40. The van der Waals surface area contributed by atoms with Crippen molar-refractivity contribution in [3.63, 3.8) is 0 Å². The van der Waals surface area contributed by atoms with E-state index in [-0.39, 0.29) is 6.03 Å². The molecule has 3 rings (SSSR count). The number of nitrogen functional groups attached to an aromatic ring is 1. The first-order valence-electron chi connectivity index (χ1n) is 9.32. The van der Waals surface area contributed by atoms with Crippen LogP contribution in [0.2, 0.25) is 0 Å². The number of nitrogens with two attached hydrogens (primary N) is 1. The third-order valence-electron chi connectivity index (χ3n) is 5.09. The lowest BCUT2D eigenvalue weighted by atomic mass is 10.1. The van der Waals surface area contributed by atoms with Gasteiger partial charge in [-0.15, -0.1) is 0 Å². The van der Waals surface area contributed by atoms with Gasteiger partial charge < -0.3 is 16.0 Å². The number of aromatic nitrogens is 4. The van der Waals surface area contributed by atoms with Crippen LogP contribution in [-0.2, 0) is 13.1 Å². The summed E-state index contributed by atoms with van der Waals surface area (Å²) in [4.78, 5) is 25.2. The maximum atomic E-state index is 12.5. The molecule has 9 nitrogen and oxygen atoms in total. The average molecular weight is 372 g/mol. The Morgan fingerprint density at radius 1 is 1.44 bits per heavy atom. The van der Waals surface area contributed by atoms with Gasteiger partial charge in [-0.3, -0.25) is 10.00 Å². The molecule has 3 heterocycles. The number of aryl methyl sites for hydroxylation is 1. The molecule has 27 heavy (non-hydrogen) atoms. The van der Waals surface area contributed by atoms with E-state index in [0.717, 1.165) is 49.4 Å². The van der Waals surface area contributed by atoms with E-state index in [9.17, 15) is 4.79 Å². The van der Waals surface area contributed by atoms with Crippen LogP contribution in [0, 0.1) is 6.92 Å². The highest BCUT2D eigenvalue weighted by molar-refractivity contribution is 5.74. The molecule has 0 radical (unpaired) electrons. The van der Waals surface area contributed by atoms with E-state index < -0.39 is 0 Å². The predicted octanol–water partition coefficient (Wildman–Crippen LogP) is 1.29. The quantitative estimate of drug-likeness (QED) is 0.728. The lowest BCUT2D eigenvalue weighted by Gasteiger charge is -2.26. The van der Waals surface area contributed by atoms with E-state index in [4.69, 9.17) is 5.73 Å². The Kier molecular flexibility index (Phi) is 6.23. The van der Waals surface area contributed by atoms with Gasteiger partial charge in [-0.2, -0.15) is 5.10 Å². The summed E-state index contributed by atoms with van der Waals surface area (Å²) in [5, 5.41) is 9.86. The summed E-state index contributed by atoms with van der Waals surface area (Å²) in [5.74, 6) is 1.22. The number of amides is 2. The zero-order chi connectivity index (χ0) is 19.2. The second-order valence-corrected chi connectivity index (χ2v) is 7.06. The minimum absolute atomic E-state index is 0.0157. The fraction of sp³-hybridized carbons (Fsp3) is 0.556. The van der Waals surface area contributed by atoms with Crippen LogP contribution in [0.3, 0.4) is 0 Å². The molecule has 2 aromatic rings. The summed E-state index contributed by atoms with van der Waals surface area (Å²) >= 11 is 0. The molecule has 2 aromatic heterocycles. The molecule has 4 N–H and O–H groups in total. The summed E-state index contributed by atoms with van der Waals surface area (Å²) in [6.45, 7) is 4.61. The van der Waals surface area contributed by atoms with Gasteiger partial charge in [0.05, 0.1) is 12.7 Å². The zero-order valence-corrected chi connectivity index (χ0v) is 16.0. The van der Waals surface area contributed by atoms with Gasteiger partial charge in [0.15, 0.2) is 0 Å². The van der Waals surface area contributed by atoms with Gasteiger partial charge in [0.2, 0.25) is 0 Å². The van der Waals surface area contributed by atoms with Gasteiger partial charge >= 0.3 is 6.03 Å². The van der Waals surface area contributed by atoms with Gasteiger partial charge in [0.1, 0.15) is 11.6 Å². The molecule has 9 heteroatoms. The number of aromatic amines is 1. The maximum absolute atomic E-state index is 12.5. The third kappa shape index (κ3) is 5.16. The van der Waals surface area contributed by atoms with Crippen LogP contribution in [0.1, 0.15) is 36.3 Å². The van der Waals surface area contributed by atoms with Gasteiger partial charge in [0.25, 0.3) is 0 Å². The molecule has 0 aliphatic carbocycles. The lowest BCUT2D eigenvalue weighted by Crippen LogP contribution is -2.41. The van der Waals surface area contributed by atoms with Crippen molar-refractivity contribution < 1.29 is 4.79 Å². The van der Waals surface area contributed by atoms with E-state index in [2.05, 4.69) is 37.4 Å². The van der Waals surface area contributed by atoms with Crippen LogP contribution in [0.15, 0.2) is 18.5 Å². The molecule has 0 bridgehead atoms. The molecule has 2 amide bonds. The van der Waals surface area contributed by atoms with Gasteiger partial charge in [-0.25, -0.2) is 14.8 Å². The molecule has 146 valence electrons. The Hall–Kier alpha value is -2.68. The van der Waals surface area contributed by atoms with E-state index in [1.54, 1.807) is 18.5 Å². The summed E-state index contributed by atoms with van der Waals surface area (Å²) in [6, 6.07) is 2.07. The number of rotatable bonds is 5. The van der Waals surface area contributed by atoms with E-state index in [1.807, 2.05) is 11.8 Å². The molecule has 0 saturated carbocycles. The smallest absolute Gasteiger partial charge is 0.317 e. The van der Waals surface area contributed by atoms with Crippen molar-refractivity contribution in [2.45, 2.75) is 45.3 Å². The Balaban J connectivity index is 1.49. The van der Waals surface area contributed by atoms with Crippen LogP contribution in [-0.4, -0.2) is 62.2 Å². The Labute approximate surface area is 159 Å². The SMILES string of the molecule is Cc1[nH]ncc1CNC(=O)N1CCC[C@H](N(C)Cc2nccc(N)n2)CC1. The van der Waals surface area contributed by atoms with Gasteiger partial charge in [-0.1, -0.05) is 0 Å². The minimum Gasteiger partial charge on any atom is -0.384 e. The molecule has 0 unspecified atom stereocenters. The predicted molar refractivity (Wildman–Crippen MR) is 103 cm³/mol. The van der Waals surface area contributed by atoms with E-state index in [1.165, 1.54) is 0 Å². The first-order chi connectivity index (χ1) is 13.0. The van der Waals surface area contributed by atoms with Crippen LogP contribution in [0.5, 0.6) is 0 Å². The van der Waals surface area contributed by atoms with Crippen LogP contribution < -0.4 is 11.1 Å². The number of hydrogen-bond acceptors (Lipinski definition) is 6. The maximum Gasteiger partial charge on any atom is 0.317 e. The number of carbonyl (C=O) groups excluding carboxylic acids is 1. The van der Waals surface area contributed by atoms with Crippen LogP contribution >= 0.6 is 0 Å². The van der Waals surface area contributed by atoms with Gasteiger partial charge in [0, 0.05) is 43.1 Å². The number of urea groups is 1. The zero-order valence-electron chi connectivity index (χ0n) is 16.0. The van der Waals surface area contributed by atoms with Crippen molar-refractivity contribution in [3.8, 4) is 0 Å². The molecule has 1 atom stereocenters. The van der Waals surface area contributed by atoms with Crippen molar-refractivity contribution in [1.82, 2.24) is 35.3 Å². The van der Waals surface area contributed by atoms with Crippen LogP contribution in [0.25, 0.3) is 0 Å². The largest absolute Gasteiger partial charge is 0.384 e. The first kappa shape index (κ1) is 19.1. The Morgan fingerprint density at radius 3 is 3.04 bits per heavy atom. The second kappa shape index (κ2) is 8.81. The topological polar surface area (TPSA) is 116 Å². The highest BCUT2D eigenvalue weighted by Gasteiger charge is 2.23. The Morgan fingerprint density at radius 2 is 2.30 bits per heavy atom. The molecule has 1 saturated heterocycles. The minimum atomic E-state index is -0.0157. The Bertz CT molecular complexity index is 761. The van der Waals surface area contributed by atoms with Crippen molar-refractivity contribution in [3.05, 3.63) is 35.5 Å². The molecular formula is C18H28N8O. The van der Waals surface area contributed by atoms with E-state index >= 15 is 0 Å². The summed E-state index contributed by atoms with van der Waals surface area (Å²) in [6.07, 6.45) is 6.39. The van der Waals surface area contributed by atoms with Crippen molar-refractivity contribution in [1.29, 1.82) is 0 Å². The fourth-order valence-corrected chi connectivity index (χ4v) is 3.40. The summed E-state index contributed by atoms with van der Waals surface area (Å²) in [5.41, 5.74) is 7.73. The first-order valence-corrected chi connectivity index (χ1v) is 9.32. The number of H-pyrrole nitrogens is 1. The number of carbonyl (C=O) groups is 1. The lowest BCUT2D eigenvalue weighted by molar-refractivity contribution is 0.190. The van der Waals surface area contributed by atoms with Gasteiger partial charge in [-0.05, 0) is 39.3 Å². The third-order valence-corrected chi connectivity index (χ3v) is 5.09. The summed E-state index contributed by atoms with van der Waals surface area (Å²) < 4.78 is 0. The molecule has 1 aliphatic rings. The van der Waals surface area contributed by atoms with Crippen molar-refractivity contribution >= 4 is 11.8 Å². The highest BCUT2D eigenvalue weighted by atomic mass is 16.2. The molecule has 1 aliphatic heterocycles. The van der Waals surface area contributed by atoms with Crippen LogP contribution in [0.4, 0.5) is 10.6 Å². The summed E-state index contributed by atoms with van der Waals surface area (Å²) in [7, 11) is 2.08. The van der Waals surface area contributed by atoms with E-state index in [0.29, 0.717) is 24.9 Å². The number of nitrogens with zero attached hydrogens (tertiary/aromatic N) is 5. The normalized spacial score (nSPS) is 17.7. The monoisotopic (exact) mass is 372 g/mol. The molecule has 1 fully saturated rings. The molecule has 0 spiro atoms. The number of hydrogen-bond donors (Lipinski definition) is 3. The molecule has 0 aromatic carbocycles. The highest BCUT2D eigenvalue weighted by Crippen LogP contribution is 2.17. The average Bonchev–Trinajstić information content (AvgIpc) is 2.90. The number of anilines is 1. The number of nitrogens with one attached hydrogen (secondary N) is 2. The molecular weight excluding hydrogens is 344 g/mol. The van der Waals surface area contributed by atoms with Crippen molar-refractivity contribution in [2.75, 3.05) is 25.9 Å². The second-order valence-electron chi connectivity index (χ2n) is 7.06.